The van der Waals surface area contributed by atoms with Crippen molar-refractivity contribution >= 4 is 17.7 Å². The van der Waals surface area contributed by atoms with Crippen molar-refractivity contribution in [2.75, 3.05) is 20.3 Å². The second-order valence-corrected chi connectivity index (χ2v) is 3.33. The van der Waals surface area contributed by atoms with Gasteiger partial charge in [-0.2, -0.15) is 0 Å². The standard InChI is InChI=1S/C6H12ClNO3/c1-6(7,4-9)3-8-5(10)11-2/h9H,3-4H2,1-2H3,(H,8,10)/t6-/m1/s1. The molecule has 0 aliphatic heterocycles. The van der Waals surface area contributed by atoms with Crippen molar-refractivity contribution in [1.82, 2.24) is 5.32 Å². The zero-order valence-electron chi connectivity index (χ0n) is 6.56. The summed E-state index contributed by atoms with van der Waals surface area (Å²) in [5.41, 5.74) is 0. The van der Waals surface area contributed by atoms with E-state index in [0.29, 0.717) is 0 Å². The molecule has 1 amide bonds. The molecule has 5 heteroatoms. The number of methoxy groups -OCH3 is 1. The van der Waals surface area contributed by atoms with Crippen LogP contribution in [0.4, 0.5) is 4.79 Å². The molecule has 2 N–H and O–H groups in total. The fourth-order valence-corrected chi connectivity index (χ4v) is 0.451. The van der Waals surface area contributed by atoms with Gasteiger partial charge in [0.15, 0.2) is 0 Å². The highest BCUT2D eigenvalue weighted by Gasteiger charge is 2.20. The van der Waals surface area contributed by atoms with Crippen molar-refractivity contribution in [2.45, 2.75) is 11.8 Å². The third-order valence-electron chi connectivity index (χ3n) is 1.12. The van der Waals surface area contributed by atoms with E-state index in [1.165, 1.54) is 7.11 Å². The molecule has 4 nitrogen and oxygen atoms in total. The number of carbonyl (C=O) groups is 1. The lowest BCUT2D eigenvalue weighted by Gasteiger charge is -2.18. The number of rotatable bonds is 3. The monoisotopic (exact) mass is 181 g/mol. The summed E-state index contributed by atoms with van der Waals surface area (Å²) in [6.45, 7) is 1.60. The molecule has 0 aliphatic rings. The maximum Gasteiger partial charge on any atom is 0.406 e. The highest BCUT2D eigenvalue weighted by Crippen LogP contribution is 2.10. The smallest absolute Gasteiger partial charge is 0.406 e. The summed E-state index contributed by atoms with van der Waals surface area (Å²) >= 11 is 5.70. The van der Waals surface area contributed by atoms with Gasteiger partial charge in [-0.25, -0.2) is 4.79 Å². The Bertz CT molecular complexity index is 138. The lowest BCUT2D eigenvalue weighted by Crippen LogP contribution is -2.39. The van der Waals surface area contributed by atoms with Crippen LogP contribution >= 0.6 is 11.6 Å². The first kappa shape index (κ1) is 10.5. The van der Waals surface area contributed by atoms with Crippen molar-refractivity contribution < 1.29 is 14.6 Å². The Morgan fingerprint density at radius 1 is 1.82 bits per heavy atom. The predicted octanol–water partition coefficient (Wildman–Crippen LogP) is 0.332. The molecule has 66 valence electrons. The molecule has 1 atom stereocenters. The lowest BCUT2D eigenvalue weighted by molar-refractivity contribution is 0.167. The molecule has 0 unspecified atom stereocenters. The van der Waals surface area contributed by atoms with Crippen LogP contribution < -0.4 is 5.32 Å². The van der Waals surface area contributed by atoms with Gasteiger partial charge in [0.05, 0.1) is 18.6 Å². The number of hydrogen-bond donors (Lipinski definition) is 2. The third-order valence-corrected chi connectivity index (χ3v) is 1.37. The van der Waals surface area contributed by atoms with Gasteiger partial charge in [-0.15, -0.1) is 11.6 Å². The molecule has 0 aromatic heterocycles. The van der Waals surface area contributed by atoms with E-state index in [2.05, 4.69) is 10.1 Å². The summed E-state index contributed by atoms with van der Waals surface area (Å²) in [6, 6.07) is 0. The molecule has 0 spiro atoms. The Morgan fingerprint density at radius 3 is 2.73 bits per heavy atom. The second-order valence-electron chi connectivity index (χ2n) is 2.42. The van der Waals surface area contributed by atoms with E-state index in [1.54, 1.807) is 6.92 Å². The Labute approximate surface area is 70.5 Å². The minimum absolute atomic E-state index is 0.178. The zero-order valence-corrected chi connectivity index (χ0v) is 7.31. The number of ether oxygens (including phenoxy) is 1. The molecule has 0 aromatic rings. The lowest BCUT2D eigenvalue weighted by atomic mass is 10.2. The second kappa shape index (κ2) is 4.41. The molecule has 0 bridgehead atoms. The SMILES string of the molecule is COC(=O)NC[C@@](C)(Cl)CO. The van der Waals surface area contributed by atoms with Gasteiger partial charge < -0.3 is 15.2 Å². The van der Waals surface area contributed by atoms with Crippen LogP contribution in [0.2, 0.25) is 0 Å². The first-order valence-corrected chi connectivity index (χ1v) is 3.51. The van der Waals surface area contributed by atoms with E-state index in [4.69, 9.17) is 16.7 Å². The number of nitrogens with one attached hydrogen (secondary N) is 1. The molecule has 0 radical (unpaired) electrons. The summed E-state index contributed by atoms with van der Waals surface area (Å²) in [4.78, 5) is 9.69. The molecule has 0 saturated carbocycles. The van der Waals surface area contributed by atoms with Crippen LogP contribution in [0.1, 0.15) is 6.92 Å². The number of alkyl halides is 1. The van der Waals surface area contributed by atoms with E-state index >= 15 is 0 Å². The minimum atomic E-state index is -0.811. The largest absolute Gasteiger partial charge is 0.453 e. The molecule has 11 heavy (non-hydrogen) atoms. The fourth-order valence-electron chi connectivity index (χ4n) is 0.385. The summed E-state index contributed by atoms with van der Waals surface area (Å²) in [6.07, 6.45) is -0.551. The topological polar surface area (TPSA) is 58.6 Å². The van der Waals surface area contributed by atoms with Gasteiger partial charge in [0.25, 0.3) is 0 Å². The normalized spacial score (nSPS) is 15.3. The molecule has 0 rings (SSSR count). The number of halogens is 1. The average molecular weight is 182 g/mol. The third kappa shape index (κ3) is 4.86. The maximum atomic E-state index is 10.5. The zero-order chi connectivity index (χ0) is 8.91. The van der Waals surface area contributed by atoms with Crippen LogP contribution in [0.25, 0.3) is 0 Å². The Morgan fingerprint density at radius 2 is 2.36 bits per heavy atom. The molecular formula is C6H12ClNO3. The van der Waals surface area contributed by atoms with Crippen LogP contribution in [0.15, 0.2) is 0 Å². The van der Waals surface area contributed by atoms with E-state index in [9.17, 15) is 4.79 Å². The minimum Gasteiger partial charge on any atom is -0.453 e. The van der Waals surface area contributed by atoms with Crippen molar-refractivity contribution in [3.63, 3.8) is 0 Å². The average Bonchev–Trinajstić information content (AvgIpc) is 2.00. The quantitative estimate of drug-likeness (QED) is 0.617. The van der Waals surface area contributed by atoms with Crippen LogP contribution in [-0.4, -0.2) is 36.3 Å². The van der Waals surface area contributed by atoms with Crippen LogP contribution in [0, 0.1) is 0 Å². The number of amides is 1. The van der Waals surface area contributed by atoms with Crippen LogP contribution in [-0.2, 0) is 4.74 Å². The molecule has 0 aliphatic carbocycles. The van der Waals surface area contributed by atoms with Crippen molar-refractivity contribution in [1.29, 1.82) is 0 Å². The van der Waals surface area contributed by atoms with Crippen LogP contribution in [0.5, 0.6) is 0 Å². The Balaban J connectivity index is 3.61. The van der Waals surface area contributed by atoms with E-state index in [1.807, 2.05) is 0 Å². The summed E-state index contributed by atoms with van der Waals surface area (Å²) < 4.78 is 4.30. The summed E-state index contributed by atoms with van der Waals surface area (Å²) in [7, 11) is 1.26. The molecule has 0 aromatic carbocycles. The van der Waals surface area contributed by atoms with Crippen molar-refractivity contribution in [2.24, 2.45) is 0 Å². The molecule has 0 saturated heterocycles. The molecular weight excluding hydrogens is 170 g/mol. The van der Waals surface area contributed by atoms with Gasteiger partial charge in [0, 0.05) is 6.54 Å². The summed E-state index contributed by atoms with van der Waals surface area (Å²) in [5.74, 6) is 0. The van der Waals surface area contributed by atoms with Gasteiger partial charge in [0.2, 0.25) is 0 Å². The van der Waals surface area contributed by atoms with Crippen molar-refractivity contribution in [3.05, 3.63) is 0 Å². The molecule has 0 fully saturated rings. The van der Waals surface area contributed by atoms with Gasteiger partial charge in [-0.1, -0.05) is 0 Å². The molecule has 0 heterocycles. The van der Waals surface area contributed by atoms with E-state index in [-0.39, 0.29) is 13.2 Å². The highest BCUT2D eigenvalue weighted by molar-refractivity contribution is 6.24. The summed E-state index contributed by atoms with van der Waals surface area (Å²) in [5, 5.41) is 11.0. The first-order chi connectivity index (χ1) is 5.02. The highest BCUT2D eigenvalue weighted by atomic mass is 35.5. The number of hydrogen-bond acceptors (Lipinski definition) is 3. The number of carbonyl (C=O) groups excluding carboxylic acids is 1. The fraction of sp³-hybridized carbons (Fsp3) is 0.833. The number of alkyl carbamates (subject to hydrolysis) is 1. The number of aliphatic hydroxyl groups excluding tert-OH is 1. The van der Waals surface area contributed by atoms with Gasteiger partial charge in [-0.3, -0.25) is 0 Å². The van der Waals surface area contributed by atoms with Gasteiger partial charge >= 0.3 is 6.09 Å². The van der Waals surface area contributed by atoms with Gasteiger partial charge in [-0.05, 0) is 6.92 Å². The Kier molecular flexibility index (Phi) is 4.22. The van der Waals surface area contributed by atoms with Crippen molar-refractivity contribution in [3.8, 4) is 0 Å². The maximum absolute atomic E-state index is 10.5. The van der Waals surface area contributed by atoms with E-state index in [0.717, 1.165) is 0 Å². The predicted molar refractivity (Wildman–Crippen MR) is 41.8 cm³/mol. The van der Waals surface area contributed by atoms with E-state index < -0.39 is 11.0 Å². The van der Waals surface area contributed by atoms with Gasteiger partial charge in [0.1, 0.15) is 0 Å². The van der Waals surface area contributed by atoms with Crippen LogP contribution in [0.3, 0.4) is 0 Å². The first-order valence-electron chi connectivity index (χ1n) is 3.13. The number of aliphatic hydroxyl groups is 1. The Hall–Kier alpha value is -0.480.